The molecule has 1 saturated heterocycles. The third kappa shape index (κ3) is 4.34. The van der Waals surface area contributed by atoms with Crippen LogP contribution in [0.5, 0.6) is 5.75 Å². The molecule has 2 aromatic rings. The number of carbonyl (C=O) groups is 1. The van der Waals surface area contributed by atoms with Gasteiger partial charge in [-0.3, -0.25) is 4.79 Å². The van der Waals surface area contributed by atoms with E-state index in [1.165, 1.54) is 25.7 Å². The number of hydrogen-bond donors (Lipinski definition) is 1. The predicted octanol–water partition coefficient (Wildman–Crippen LogP) is 3.40. The van der Waals surface area contributed by atoms with Crippen LogP contribution in [0.4, 0.5) is 5.82 Å². The molecule has 136 valence electrons. The molecule has 0 atom stereocenters. The van der Waals surface area contributed by atoms with Crippen LogP contribution in [0.2, 0.25) is 0 Å². The van der Waals surface area contributed by atoms with Crippen LogP contribution in [-0.2, 0) is 6.54 Å². The summed E-state index contributed by atoms with van der Waals surface area (Å²) in [6.45, 7) is 3.42. The third-order valence-corrected chi connectivity index (χ3v) is 4.99. The SMILES string of the molecule is O=C(NCc1ccnc(N2CCCC2)c1)c1ccc(OCC2CC2)cc1. The molecule has 2 heterocycles. The Labute approximate surface area is 154 Å². The summed E-state index contributed by atoms with van der Waals surface area (Å²) >= 11 is 0. The number of benzene rings is 1. The van der Waals surface area contributed by atoms with E-state index in [-0.39, 0.29) is 5.91 Å². The average molecular weight is 351 g/mol. The zero-order valence-electron chi connectivity index (χ0n) is 15.0. The molecule has 2 fully saturated rings. The maximum absolute atomic E-state index is 12.4. The molecule has 1 aromatic heterocycles. The molecule has 1 saturated carbocycles. The fourth-order valence-corrected chi connectivity index (χ4v) is 3.18. The lowest BCUT2D eigenvalue weighted by molar-refractivity contribution is 0.0951. The molecule has 1 amide bonds. The Morgan fingerprint density at radius 3 is 2.65 bits per heavy atom. The lowest BCUT2D eigenvalue weighted by Crippen LogP contribution is -2.23. The Morgan fingerprint density at radius 2 is 1.92 bits per heavy atom. The van der Waals surface area contributed by atoms with Gasteiger partial charge in [-0.2, -0.15) is 0 Å². The molecular formula is C21H25N3O2. The first-order valence-corrected chi connectivity index (χ1v) is 9.49. The Bertz CT molecular complexity index is 750. The van der Waals surface area contributed by atoms with Crippen LogP contribution in [0.25, 0.3) is 0 Å². The Hall–Kier alpha value is -2.56. The van der Waals surface area contributed by atoms with Crippen LogP contribution >= 0.6 is 0 Å². The van der Waals surface area contributed by atoms with E-state index in [4.69, 9.17) is 4.74 Å². The Balaban J connectivity index is 1.31. The fraction of sp³-hybridized carbons (Fsp3) is 0.429. The second-order valence-electron chi connectivity index (χ2n) is 7.18. The summed E-state index contributed by atoms with van der Waals surface area (Å²) in [6.07, 6.45) is 6.82. The average Bonchev–Trinajstić information content (AvgIpc) is 3.35. The molecule has 0 spiro atoms. The predicted molar refractivity (Wildman–Crippen MR) is 102 cm³/mol. The topological polar surface area (TPSA) is 54.5 Å². The van der Waals surface area contributed by atoms with E-state index in [0.717, 1.165) is 42.7 Å². The second kappa shape index (κ2) is 7.77. The summed E-state index contributed by atoms with van der Waals surface area (Å²) < 4.78 is 5.71. The molecule has 4 rings (SSSR count). The van der Waals surface area contributed by atoms with Gasteiger partial charge < -0.3 is 15.0 Å². The zero-order valence-corrected chi connectivity index (χ0v) is 15.0. The number of carbonyl (C=O) groups excluding carboxylic acids is 1. The first-order valence-electron chi connectivity index (χ1n) is 9.49. The van der Waals surface area contributed by atoms with Crippen molar-refractivity contribution in [2.75, 3.05) is 24.6 Å². The van der Waals surface area contributed by atoms with Gasteiger partial charge in [-0.1, -0.05) is 0 Å². The largest absolute Gasteiger partial charge is 0.493 e. The van der Waals surface area contributed by atoms with Crippen LogP contribution in [0.1, 0.15) is 41.6 Å². The molecule has 1 aromatic carbocycles. The number of ether oxygens (including phenoxy) is 1. The number of aromatic nitrogens is 1. The molecule has 5 nitrogen and oxygen atoms in total. The van der Waals surface area contributed by atoms with Crippen LogP contribution in [-0.4, -0.2) is 30.6 Å². The van der Waals surface area contributed by atoms with Gasteiger partial charge in [0.1, 0.15) is 11.6 Å². The normalized spacial score (nSPS) is 16.5. The molecule has 1 aliphatic carbocycles. The van der Waals surface area contributed by atoms with E-state index in [9.17, 15) is 4.79 Å². The fourth-order valence-electron chi connectivity index (χ4n) is 3.18. The van der Waals surface area contributed by atoms with Crippen LogP contribution in [0.3, 0.4) is 0 Å². The van der Waals surface area contributed by atoms with Crippen LogP contribution in [0, 0.1) is 5.92 Å². The van der Waals surface area contributed by atoms with E-state index >= 15 is 0 Å². The lowest BCUT2D eigenvalue weighted by Gasteiger charge is -2.17. The van der Waals surface area contributed by atoms with Gasteiger partial charge in [-0.25, -0.2) is 4.98 Å². The van der Waals surface area contributed by atoms with Gasteiger partial charge in [0.2, 0.25) is 0 Å². The summed E-state index contributed by atoms with van der Waals surface area (Å²) in [7, 11) is 0. The van der Waals surface area contributed by atoms with Gasteiger partial charge in [0.05, 0.1) is 6.61 Å². The van der Waals surface area contributed by atoms with Crippen molar-refractivity contribution in [1.82, 2.24) is 10.3 Å². The second-order valence-corrected chi connectivity index (χ2v) is 7.18. The highest BCUT2D eigenvalue weighted by Gasteiger charge is 2.21. The quantitative estimate of drug-likeness (QED) is 0.831. The standard InChI is InChI=1S/C21H25N3O2/c25-21(18-5-7-19(8-6-18)26-15-16-3-4-16)23-14-17-9-10-22-20(13-17)24-11-1-2-12-24/h5-10,13,16H,1-4,11-12,14-15H2,(H,23,25). The number of rotatable bonds is 7. The van der Waals surface area contributed by atoms with Gasteiger partial charge in [0.25, 0.3) is 5.91 Å². The highest BCUT2D eigenvalue weighted by atomic mass is 16.5. The van der Waals surface area contributed by atoms with Gasteiger partial charge in [-0.15, -0.1) is 0 Å². The molecule has 5 heteroatoms. The van der Waals surface area contributed by atoms with Crippen LogP contribution in [0.15, 0.2) is 42.6 Å². The molecule has 0 unspecified atom stereocenters. The molecule has 1 N–H and O–H groups in total. The summed E-state index contributed by atoms with van der Waals surface area (Å²) in [5.74, 6) is 2.49. The summed E-state index contributed by atoms with van der Waals surface area (Å²) in [5, 5.41) is 2.99. The van der Waals surface area contributed by atoms with E-state index in [1.807, 2.05) is 36.5 Å². The molecule has 26 heavy (non-hydrogen) atoms. The van der Waals surface area contributed by atoms with E-state index in [2.05, 4.69) is 21.3 Å². The minimum atomic E-state index is -0.0710. The van der Waals surface area contributed by atoms with Crippen molar-refractivity contribution < 1.29 is 9.53 Å². The molecule has 2 aliphatic rings. The van der Waals surface area contributed by atoms with Crippen molar-refractivity contribution >= 4 is 11.7 Å². The maximum Gasteiger partial charge on any atom is 0.251 e. The number of hydrogen-bond acceptors (Lipinski definition) is 4. The minimum Gasteiger partial charge on any atom is -0.493 e. The summed E-state index contributed by atoms with van der Waals surface area (Å²) in [4.78, 5) is 19.1. The Morgan fingerprint density at radius 1 is 1.15 bits per heavy atom. The number of amides is 1. The van der Waals surface area contributed by atoms with Crippen molar-refractivity contribution in [1.29, 1.82) is 0 Å². The lowest BCUT2D eigenvalue weighted by atomic mass is 10.2. The molecular weight excluding hydrogens is 326 g/mol. The highest BCUT2D eigenvalue weighted by Crippen LogP contribution is 2.29. The first kappa shape index (κ1) is 16.9. The van der Waals surface area contributed by atoms with Gasteiger partial charge in [0, 0.05) is 31.4 Å². The van der Waals surface area contributed by atoms with Crippen molar-refractivity contribution in [2.45, 2.75) is 32.2 Å². The molecule has 0 bridgehead atoms. The zero-order chi connectivity index (χ0) is 17.8. The highest BCUT2D eigenvalue weighted by molar-refractivity contribution is 5.94. The van der Waals surface area contributed by atoms with Crippen LogP contribution < -0.4 is 15.0 Å². The van der Waals surface area contributed by atoms with Crippen molar-refractivity contribution in [3.63, 3.8) is 0 Å². The van der Waals surface area contributed by atoms with Gasteiger partial charge >= 0.3 is 0 Å². The first-order chi connectivity index (χ1) is 12.8. The van der Waals surface area contributed by atoms with E-state index < -0.39 is 0 Å². The van der Waals surface area contributed by atoms with Crippen molar-refractivity contribution in [3.8, 4) is 5.75 Å². The third-order valence-electron chi connectivity index (χ3n) is 4.99. The van der Waals surface area contributed by atoms with Crippen molar-refractivity contribution in [2.24, 2.45) is 5.92 Å². The molecule has 0 radical (unpaired) electrons. The minimum absolute atomic E-state index is 0.0710. The van der Waals surface area contributed by atoms with Gasteiger partial charge in [-0.05, 0) is 73.6 Å². The number of pyridine rings is 1. The maximum atomic E-state index is 12.4. The molecule has 1 aliphatic heterocycles. The number of nitrogens with zero attached hydrogens (tertiary/aromatic N) is 2. The van der Waals surface area contributed by atoms with E-state index in [1.54, 1.807) is 0 Å². The summed E-state index contributed by atoms with van der Waals surface area (Å²) in [5.41, 5.74) is 1.72. The van der Waals surface area contributed by atoms with Crippen molar-refractivity contribution in [3.05, 3.63) is 53.7 Å². The van der Waals surface area contributed by atoms with Gasteiger partial charge in [0.15, 0.2) is 0 Å². The smallest absolute Gasteiger partial charge is 0.251 e. The Kier molecular flexibility index (Phi) is 5.04. The number of nitrogens with one attached hydrogen (secondary N) is 1. The number of anilines is 1. The monoisotopic (exact) mass is 351 g/mol. The van der Waals surface area contributed by atoms with E-state index in [0.29, 0.717) is 12.1 Å². The summed E-state index contributed by atoms with van der Waals surface area (Å²) in [6, 6.07) is 11.4.